The van der Waals surface area contributed by atoms with E-state index in [1.165, 1.54) is 22.6 Å². The van der Waals surface area contributed by atoms with Crippen LogP contribution in [0, 0.1) is 12.3 Å². The van der Waals surface area contributed by atoms with Gasteiger partial charge >= 0.3 is 6.09 Å². The number of hydrogen-bond acceptors (Lipinski definition) is 4. The van der Waals surface area contributed by atoms with Crippen LogP contribution in [-0.4, -0.2) is 63.7 Å². The minimum absolute atomic E-state index is 0.0934. The molecule has 31 heavy (non-hydrogen) atoms. The monoisotopic (exact) mass is 434 g/mol. The maximum Gasteiger partial charge on any atom is 0.407 e. The zero-order valence-corrected chi connectivity index (χ0v) is 20.3. The first kappa shape index (κ1) is 24.1. The van der Waals surface area contributed by atoms with E-state index >= 15 is 0 Å². The Kier molecular flexibility index (Phi) is 7.06. The predicted molar refractivity (Wildman–Crippen MR) is 123 cm³/mol. The molecule has 176 valence electrons. The Morgan fingerprint density at radius 1 is 1.29 bits per heavy atom. The number of rotatable bonds is 7. The quantitative estimate of drug-likeness (QED) is 0.551. The van der Waals surface area contributed by atoms with Crippen LogP contribution in [0.1, 0.15) is 89.6 Å². The number of carboxylic acid groups (broad SMARTS) is 1. The highest BCUT2D eigenvalue weighted by molar-refractivity contribution is 5.65. The summed E-state index contributed by atoms with van der Waals surface area (Å²) in [6, 6.07) is 0. The minimum atomic E-state index is -0.869. The molecular weight excluding hydrogens is 392 g/mol. The highest BCUT2D eigenvalue weighted by Crippen LogP contribution is 2.50. The number of nitrogens with one attached hydrogen (secondary N) is 2. The van der Waals surface area contributed by atoms with Crippen molar-refractivity contribution in [3.63, 3.8) is 0 Å². The molecule has 1 saturated heterocycles. The van der Waals surface area contributed by atoms with Crippen LogP contribution < -0.4 is 5.32 Å². The molecule has 7 nitrogen and oxygen atoms in total. The number of aromatic nitrogens is 2. The summed E-state index contributed by atoms with van der Waals surface area (Å²) >= 11 is 0. The average molecular weight is 435 g/mol. The third-order valence-electron chi connectivity index (χ3n) is 7.06. The number of amides is 1. The molecule has 0 atom stereocenters. The Morgan fingerprint density at radius 2 is 1.97 bits per heavy atom. The molecule has 1 aliphatic carbocycles. The van der Waals surface area contributed by atoms with Crippen molar-refractivity contribution < 1.29 is 14.6 Å². The molecule has 0 aromatic carbocycles. The van der Waals surface area contributed by atoms with Gasteiger partial charge in [-0.1, -0.05) is 13.8 Å². The standard InChI is InChI=1S/C24H42N4O3/c1-17-19(9-12-25-13-14-28(21(29)30)22(2,3)4)20(27-26-17)18-7-10-24(11-8-18)15-23(5,6)16-31-24/h18,25H,7-16H2,1-6H3,(H,26,27)(H,29,30)/t18-,24-. The van der Waals surface area contributed by atoms with Crippen molar-refractivity contribution in [2.75, 3.05) is 26.2 Å². The molecule has 1 aromatic rings. The number of aryl methyl sites for hydroxylation is 1. The molecular formula is C24H42N4O3. The van der Waals surface area contributed by atoms with E-state index in [0.717, 1.165) is 50.9 Å². The van der Waals surface area contributed by atoms with Gasteiger partial charge in [0.05, 0.1) is 17.9 Å². The fourth-order valence-corrected chi connectivity index (χ4v) is 5.43. The van der Waals surface area contributed by atoms with Crippen molar-refractivity contribution >= 4 is 6.09 Å². The van der Waals surface area contributed by atoms with E-state index in [1.54, 1.807) is 0 Å². The van der Waals surface area contributed by atoms with Crippen LogP contribution in [0.15, 0.2) is 0 Å². The average Bonchev–Trinajstić information content (AvgIpc) is 3.17. The molecule has 1 aromatic heterocycles. The fourth-order valence-electron chi connectivity index (χ4n) is 5.43. The smallest absolute Gasteiger partial charge is 0.407 e. The summed E-state index contributed by atoms with van der Waals surface area (Å²) in [4.78, 5) is 13.0. The molecule has 1 spiro atoms. The minimum Gasteiger partial charge on any atom is -0.465 e. The van der Waals surface area contributed by atoms with Crippen LogP contribution in [0.2, 0.25) is 0 Å². The molecule has 2 heterocycles. The van der Waals surface area contributed by atoms with Crippen LogP contribution >= 0.6 is 0 Å². The van der Waals surface area contributed by atoms with Crippen molar-refractivity contribution in [2.24, 2.45) is 5.41 Å². The summed E-state index contributed by atoms with van der Waals surface area (Å²) in [6.07, 6.45) is 5.74. The van der Waals surface area contributed by atoms with E-state index in [9.17, 15) is 9.90 Å². The van der Waals surface area contributed by atoms with E-state index in [4.69, 9.17) is 4.74 Å². The van der Waals surface area contributed by atoms with Gasteiger partial charge < -0.3 is 20.1 Å². The number of H-pyrrole nitrogens is 1. The van der Waals surface area contributed by atoms with Crippen LogP contribution in [0.3, 0.4) is 0 Å². The second-order valence-corrected chi connectivity index (χ2v) is 11.4. The molecule has 0 bridgehead atoms. The number of aromatic amines is 1. The molecule has 0 radical (unpaired) electrons. The van der Waals surface area contributed by atoms with Gasteiger partial charge in [-0.2, -0.15) is 5.10 Å². The first-order chi connectivity index (χ1) is 14.4. The Balaban J connectivity index is 1.50. The maximum atomic E-state index is 11.5. The Bertz CT molecular complexity index is 757. The van der Waals surface area contributed by atoms with Gasteiger partial charge in [0, 0.05) is 30.2 Å². The Morgan fingerprint density at radius 3 is 2.52 bits per heavy atom. The zero-order chi connectivity index (χ0) is 22.9. The molecule has 3 rings (SSSR count). The molecule has 2 fully saturated rings. The summed E-state index contributed by atoms with van der Waals surface area (Å²) < 4.78 is 6.28. The second-order valence-electron chi connectivity index (χ2n) is 11.4. The summed E-state index contributed by atoms with van der Waals surface area (Å²) in [7, 11) is 0. The normalized spacial score (nSPS) is 25.8. The number of hydrogen-bond donors (Lipinski definition) is 3. The molecule has 1 saturated carbocycles. The lowest BCUT2D eigenvalue weighted by atomic mass is 9.72. The first-order valence-electron chi connectivity index (χ1n) is 11.8. The third-order valence-corrected chi connectivity index (χ3v) is 7.06. The van der Waals surface area contributed by atoms with Gasteiger partial charge in [-0.15, -0.1) is 0 Å². The lowest BCUT2D eigenvalue weighted by molar-refractivity contribution is -0.0296. The third kappa shape index (κ3) is 5.80. The van der Waals surface area contributed by atoms with Crippen LogP contribution in [0.25, 0.3) is 0 Å². The topological polar surface area (TPSA) is 90.5 Å². The van der Waals surface area contributed by atoms with Crippen LogP contribution in [0.4, 0.5) is 4.79 Å². The van der Waals surface area contributed by atoms with Gasteiger partial charge in [0.1, 0.15) is 0 Å². The van der Waals surface area contributed by atoms with E-state index in [1.807, 2.05) is 20.8 Å². The fraction of sp³-hybridized carbons (Fsp3) is 0.833. The molecule has 0 unspecified atom stereocenters. The first-order valence-corrected chi connectivity index (χ1v) is 11.8. The number of nitrogens with zero attached hydrogens (tertiary/aromatic N) is 2. The predicted octanol–water partition coefficient (Wildman–Crippen LogP) is 4.47. The Labute approximate surface area is 187 Å². The summed E-state index contributed by atoms with van der Waals surface area (Å²) in [5.74, 6) is 0.501. The van der Waals surface area contributed by atoms with Crippen LogP contribution in [-0.2, 0) is 11.2 Å². The molecule has 3 N–H and O–H groups in total. The van der Waals surface area contributed by atoms with Crippen molar-refractivity contribution in [1.29, 1.82) is 0 Å². The van der Waals surface area contributed by atoms with Gasteiger partial charge in [-0.3, -0.25) is 5.10 Å². The highest BCUT2D eigenvalue weighted by Gasteiger charge is 2.46. The van der Waals surface area contributed by atoms with Gasteiger partial charge in [0.15, 0.2) is 0 Å². The summed E-state index contributed by atoms with van der Waals surface area (Å²) in [5, 5.41) is 20.7. The van der Waals surface area contributed by atoms with Crippen molar-refractivity contribution in [2.45, 2.75) is 97.1 Å². The number of carbonyl (C=O) groups is 1. The second kappa shape index (κ2) is 9.10. The molecule has 1 amide bonds. The van der Waals surface area contributed by atoms with E-state index < -0.39 is 11.6 Å². The zero-order valence-electron chi connectivity index (χ0n) is 20.3. The van der Waals surface area contributed by atoms with Gasteiger partial charge in [-0.05, 0) is 83.7 Å². The lowest BCUT2D eigenvalue weighted by Gasteiger charge is -2.37. The lowest BCUT2D eigenvalue weighted by Crippen LogP contribution is -2.48. The molecule has 7 heteroatoms. The largest absolute Gasteiger partial charge is 0.465 e. The van der Waals surface area contributed by atoms with Crippen LogP contribution in [0.5, 0.6) is 0 Å². The number of ether oxygens (including phenoxy) is 1. The highest BCUT2D eigenvalue weighted by atomic mass is 16.5. The maximum absolute atomic E-state index is 11.5. The van der Waals surface area contributed by atoms with Gasteiger partial charge in [0.25, 0.3) is 0 Å². The summed E-state index contributed by atoms with van der Waals surface area (Å²) in [5.41, 5.74) is 3.71. The van der Waals surface area contributed by atoms with Gasteiger partial charge in [-0.25, -0.2) is 4.79 Å². The molecule has 2 aliphatic rings. The van der Waals surface area contributed by atoms with Crippen molar-refractivity contribution in [3.8, 4) is 0 Å². The Hall–Kier alpha value is -1.60. The van der Waals surface area contributed by atoms with E-state index in [2.05, 4.69) is 36.3 Å². The van der Waals surface area contributed by atoms with Gasteiger partial charge in [0.2, 0.25) is 0 Å². The van der Waals surface area contributed by atoms with E-state index in [-0.39, 0.29) is 5.60 Å². The molecule has 1 aliphatic heterocycles. The van der Waals surface area contributed by atoms with E-state index in [0.29, 0.717) is 24.4 Å². The van der Waals surface area contributed by atoms with Crippen molar-refractivity contribution in [3.05, 3.63) is 17.0 Å². The SMILES string of the molecule is Cc1[nH]nc([C@H]2CC[C@]3(CC2)CC(C)(C)CO3)c1CCNCCN(C(=O)O)C(C)(C)C. The van der Waals surface area contributed by atoms with Crippen molar-refractivity contribution in [1.82, 2.24) is 20.4 Å². The summed E-state index contributed by atoms with van der Waals surface area (Å²) in [6.45, 7) is 15.3.